The van der Waals surface area contributed by atoms with Crippen molar-refractivity contribution < 1.29 is 14.3 Å². The smallest absolute Gasteiger partial charge is 0.196 e. The quantitative estimate of drug-likeness (QED) is 0.763. The molecule has 0 aromatic carbocycles. The molecular weight excluding hydrogens is 264 g/mol. The van der Waals surface area contributed by atoms with Crippen molar-refractivity contribution in [2.45, 2.75) is 52.8 Å². The van der Waals surface area contributed by atoms with E-state index in [0.717, 1.165) is 0 Å². The fourth-order valence-corrected chi connectivity index (χ4v) is 2.85. The first-order chi connectivity index (χ1) is 7.94. The first-order valence-electron chi connectivity index (χ1n) is 6.36. The Hall–Kier alpha value is 0.157. The van der Waals surface area contributed by atoms with Gasteiger partial charge in [0.1, 0.15) is 0 Å². The number of carbonyl (C=O) groups is 1. The number of aliphatic hydroxyl groups excluding tert-OH is 1. The van der Waals surface area contributed by atoms with Crippen LogP contribution in [0.25, 0.3) is 0 Å². The first-order valence-corrected chi connectivity index (χ1v) is 10.3. The molecule has 0 aliphatic heterocycles. The van der Waals surface area contributed by atoms with Crippen LogP contribution in [0.1, 0.15) is 34.6 Å². The van der Waals surface area contributed by atoms with Crippen LogP contribution < -0.4 is 0 Å². The van der Waals surface area contributed by atoms with E-state index >= 15 is 0 Å². The average Bonchev–Trinajstić information content (AvgIpc) is 2.21. The Morgan fingerprint density at radius 3 is 2.11 bits per heavy atom. The highest BCUT2D eigenvalue weighted by atomic mass is 32.2. The van der Waals surface area contributed by atoms with Crippen molar-refractivity contribution >= 4 is 25.2 Å². The van der Waals surface area contributed by atoms with E-state index in [-0.39, 0.29) is 16.8 Å². The third-order valence-corrected chi connectivity index (χ3v) is 9.16. The summed E-state index contributed by atoms with van der Waals surface area (Å²) in [7, 11) is -1.80. The van der Waals surface area contributed by atoms with E-state index in [0.29, 0.717) is 12.4 Å². The molecule has 5 heteroatoms. The van der Waals surface area contributed by atoms with Gasteiger partial charge in [-0.1, -0.05) is 32.5 Å². The maximum Gasteiger partial charge on any atom is 0.196 e. The van der Waals surface area contributed by atoms with E-state index < -0.39 is 13.7 Å². The molecule has 0 heterocycles. The second-order valence-electron chi connectivity index (χ2n) is 6.79. The lowest BCUT2D eigenvalue weighted by Gasteiger charge is -2.38. The SMILES string of the molecule is CC(C)(CO[Si](C)(C)C(C)(C)C)C(=O)SCCO. The van der Waals surface area contributed by atoms with Gasteiger partial charge in [-0.15, -0.1) is 0 Å². The van der Waals surface area contributed by atoms with Crippen molar-refractivity contribution in [2.24, 2.45) is 5.41 Å². The Morgan fingerprint density at radius 1 is 1.22 bits per heavy atom. The monoisotopic (exact) mass is 292 g/mol. The van der Waals surface area contributed by atoms with Crippen molar-refractivity contribution in [1.82, 2.24) is 0 Å². The van der Waals surface area contributed by atoms with Crippen LogP contribution in [0.3, 0.4) is 0 Å². The molecule has 0 rings (SSSR count). The summed E-state index contributed by atoms with van der Waals surface area (Å²) in [5.41, 5.74) is -0.491. The highest BCUT2D eigenvalue weighted by molar-refractivity contribution is 8.13. The van der Waals surface area contributed by atoms with E-state index in [1.165, 1.54) is 11.8 Å². The number of hydrogen-bond acceptors (Lipinski definition) is 4. The molecule has 0 saturated carbocycles. The largest absolute Gasteiger partial charge is 0.416 e. The molecule has 0 bridgehead atoms. The highest BCUT2D eigenvalue weighted by Crippen LogP contribution is 2.38. The van der Waals surface area contributed by atoms with Crippen molar-refractivity contribution in [3.8, 4) is 0 Å². The minimum Gasteiger partial charge on any atom is -0.416 e. The van der Waals surface area contributed by atoms with Crippen molar-refractivity contribution in [2.75, 3.05) is 19.0 Å². The summed E-state index contributed by atoms with van der Waals surface area (Å²) in [4.78, 5) is 12.0. The van der Waals surface area contributed by atoms with E-state index in [4.69, 9.17) is 9.53 Å². The van der Waals surface area contributed by atoms with Gasteiger partial charge in [0.25, 0.3) is 0 Å². The zero-order valence-corrected chi connectivity index (χ0v) is 14.6. The number of rotatable bonds is 6. The third kappa shape index (κ3) is 5.43. The molecule has 18 heavy (non-hydrogen) atoms. The lowest BCUT2D eigenvalue weighted by atomic mass is 9.97. The topological polar surface area (TPSA) is 46.5 Å². The Kier molecular flexibility index (Phi) is 6.60. The fraction of sp³-hybridized carbons (Fsp3) is 0.923. The van der Waals surface area contributed by atoms with Crippen molar-refractivity contribution in [1.29, 1.82) is 0 Å². The van der Waals surface area contributed by atoms with Crippen LogP contribution in [0.4, 0.5) is 0 Å². The summed E-state index contributed by atoms with van der Waals surface area (Å²) in [5, 5.41) is 9.00. The Bertz CT molecular complexity index is 282. The second kappa shape index (κ2) is 6.55. The summed E-state index contributed by atoms with van der Waals surface area (Å²) in [6.07, 6.45) is 0. The third-order valence-electron chi connectivity index (χ3n) is 3.48. The number of thioether (sulfide) groups is 1. The van der Waals surface area contributed by atoms with Crippen molar-refractivity contribution in [3.05, 3.63) is 0 Å². The Balaban J connectivity index is 4.47. The van der Waals surface area contributed by atoms with Gasteiger partial charge in [-0.3, -0.25) is 4.79 Å². The Morgan fingerprint density at radius 2 is 1.72 bits per heavy atom. The molecule has 0 radical (unpaired) electrons. The standard InChI is InChI=1S/C13H28O3SSi/c1-12(2,3)18(6,7)16-10-13(4,5)11(15)17-9-8-14/h14H,8-10H2,1-7H3. The molecule has 0 fully saturated rings. The van der Waals surface area contributed by atoms with Crippen LogP contribution >= 0.6 is 11.8 Å². The predicted molar refractivity (Wildman–Crippen MR) is 81.5 cm³/mol. The maximum absolute atomic E-state index is 12.0. The highest BCUT2D eigenvalue weighted by Gasteiger charge is 2.39. The molecule has 0 spiro atoms. The number of aliphatic hydroxyl groups is 1. The van der Waals surface area contributed by atoms with E-state index in [9.17, 15) is 4.79 Å². The molecule has 0 atom stereocenters. The summed E-state index contributed by atoms with van der Waals surface area (Å²) in [5.74, 6) is 0.461. The van der Waals surface area contributed by atoms with Gasteiger partial charge in [0.05, 0.1) is 12.0 Å². The molecule has 108 valence electrons. The summed E-state index contributed by atoms with van der Waals surface area (Å²) >= 11 is 1.19. The van der Waals surface area contributed by atoms with Crippen LogP contribution in [0, 0.1) is 5.41 Å². The summed E-state index contributed by atoms with van der Waals surface area (Å²) < 4.78 is 6.10. The molecule has 3 nitrogen and oxygen atoms in total. The van der Waals surface area contributed by atoms with Crippen LogP contribution in [-0.2, 0) is 9.22 Å². The van der Waals surface area contributed by atoms with Gasteiger partial charge < -0.3 is 9.53 Å². The lowest BCUT2D eigenvalue weighted by molar-refractivity contribution is -0.119. The fourth-order valence-electron chi connectivity index (χ4n) is 0.970. The van der Waals surface area contributed by atoms with E-state index in [2.05, 4.69) is 33.9 Å². The molecule has 0 aliphatic carbocycles. The van der Waals surface area contributed by atoms with Gasteiger partial charge >= 0.3 is 0 Å². The van der Waals surface area contributed by atoms with Crippen LogP contribution in [0.5, 0.6) is 0 Å². The second-order valence-corrected chi connectivity index (χ2v) is 12.7. The molecular formula is C13H28O3SSi. The molecule has 0 saturated heterocycles. The number of carbonyl (C=O) groups excluding carboxylic acids is 1. The molecule has 0 aromatic heterocycles. The van der Waals surface area contributed by atoms with Gasteiger partial charge in [-0.05, 0) is 32.0 Å². The van der Waals surface area contributed by atoms with E-state index in [1.807, 2.05) is 13.8 Å². The minimum absolute atomic E-state index is 0.0373. The lowest BCUT2D eigenvalue weighted by Crippen LogP contribution is -2.44. The van der Waals surface area contributed by atoms with Crippen LogP contribution in [0.2, 0.25) is 18.1 Å². The van der Waals surface area contributed by atoms with E-state index in [1.54, 1.807) is 0 Å². The zero-order valence-electron chi connectivity index (χ0n) is 12.8. The van der Waals surface area contributed by atoms with Gasteiger partial charge in [0.2, 0.25) is 0 Å². The maximum atomic E-state index is 12.0. The average molecular weight is 293 g/mol. The van der Waals surface area contributed by atoms with Crippen molar-refractivity contribution in [3.63, 3.8) is 0 Å². The summed E-state index contributed by atoms with van der Waals surface area (Å²) in [6.45, 7) is 15.3. The normalized spacial score (nSPS) is 13.8. The number of hydrogen-bond donors (Lipinski definition) is 1. The first kappa shape index (κ1) is 18.2. The van der Waals surface area contributed by atoms with Crippen LogP contribution in [-0.4, -0.2) is 37.5 Å². The molecule has 0 unspecified atom stereocenters. The summed E-state index contributed by atoms with van der Waals surface area (Å²) in [6, 6.07) is 0. The Labute approximate surface area is 117 Å². The molecule has 1 N–H and O–H groups in total. The van der Waals surface area contributed by atoms with Gasteiger partial charge in [-0.2, -0.15) is 0 Å². The van der Waals surface area contributed by atoms with Gasteiger partial charge in [-0.25, -0.2) is 0 Å². The molecule has 0 aromatic rings. The molecule has 0 amide bonds. The van der Waals surface area contributed by atoms with Gasteiger partial charge in [0.15, 0.2) is 13.4 Å². The minimum atomic E-state index is -1.80. The predicted octanol–water partition coefficient (Wildman–Crippen LogP) is 3.29. The molecule has 0 aliphatic rings. The van der Waals surface area contributed by atoms with Gasteiger partial charge in [0, 0.05) is 12.4 Å². The van der Waals surface area contributed by atoms with Crippen LogP contribution in [0.15, 0.2) is 0 Å². The zero-order chi connectivity index (χ0) is 14.6.